The molecule has 1 aromatic heterocycles. The zero-order valence-electron chi connectivity index (χ0n) is 13.5. The molecule has 2 atom stereocenters. The topological polar surface area (TPSA) is 67.7 Å². The van der Waals surface area contributed by atoms with E-state index in [0.717, 1.165) is 32.8 Å². The zero-order valence-corrected chi connectivity index (χ0v) is 14.3. The maximum atomic E-state index is 12.7. The first-order valence-corrected chi connectivity index (χ1v) is 9.45. The summed E-state index contributed by atoms with van der Waals surface area (Å²) in [6.45, 7) is 6.96. The number of nitrogens with zero attached hydrogens (tertiary/aromatic N) is 4. The van der Waals surface area contributed by atoms with E-state index in [2.05, 4.69) is 10.00 Å². The molecule has 1 saturated heterocycles. The minimum atomic E-state index is -3.48. The Bertz CT molecular complexity index is 749. The maximum absolute atomic E-state index is 12.7. The van der Waals surface area contributed by atoms with Crippen molar-refractivity contribution in [3.05, 3.63) is 23.5 Å². The minimum absolute atomic E-state index is 0.262. The zero-order chi connectivity index (χ0) is 16.2. The third-order valence-corrected chi connectivity index (χ3v) is 6.78. The molecule has 4 rings (SSSR count). The van der Waals surface area contributed by atoms with Crippen molar-refractivity contribution in [2.24, 2.45) is 18.9 Å². The molecule has 1 saturated carbocycles. The molecule has 23 heavy (non-hydrogen) atoms. The first kappa shape index (κ1) is 15.2. The number of aryl methyl sites for hydroxylation is 2. The lowest BCUT2D eigenvalue weighted by molar-refractivity contribution is 0.0353. The molecule has 0 aromatic carbocycles. The van der Waals surface area contributed by atoms with E-state index in [1.165, 1.54) is 14.6 Å². The Kier molecular flexibility index (Phi) is 3.51. The molecule has 7 nitrogen and oxygen atoms in total. The van der Waals surface area contributed by atoms with Crippen LogP contribution in [0, 0.1) is 18.8 Å². The van der Waals surface area contributed by atoms with Crippen LogP contribution in [0.5, 0.6) is 0 Å². The van der Waals surface area contributed by atoms with Gasteiger partial charge in [-0.15, -0.1) is 0 Å². The van der Waals surface area contributed by atoms with Crippen molar-refractivity contribution in [3.63, 3.8) is 0 Å². The Hall–Kier alpha value is -1.38. The molecule has 1 aromatic rings. The van der Waals surface area contributed by atoms with Crippen LogP contribution in [-0.2, 0) is 21.8 Å². The third kappa shape index (κ3) is 2.58. The van der Waals surface area contributed by atoms with Gasteiger partial charge in [0.2, 0.25) is 0 Å². The van der Waals surface area contributed by atoms with Crippen molar-refractivity contribution in [1.82, 2.24) is 19.0 Å². The van der Waals surface area contributed by atoms with Crippen LogP contribution in [0.4, 0.5) is 0 Å². The van der Waals surface area contributed by atoms with Crippen LogP contribution < -0.4 is 0 Å². The number of hydrogen-bond donors (Lipinski definition) is 0. The first-order chi connectivity index (χ1) is 11.0. The van der Waals surface area contributed by atoms with E-state index in [1.54, 1.807) is 20.0 Å². The molecule has 0 radical (unpaired) electrons. The average Bonchev–Trinajstić information content (AvgIpc) is 2.89. The first-order valence-electron chi connectivity index (χ1n) is 8.01. The molecule has 1 aliphatic carbocycles. The maximum Gasteiger partial charge on any atom is 0.281 e. The quantitative estimate of drug-likeness (QED) is 0.784. The molecular weight excluding hydrogens is 316 g/mol. The fourth-order valence-electron chi connectivity index (χ4n) is 3.65. The van der Waals surface area contributed by atoms with Gasteiger partial charge in [-0.2, -0.15) is 13.5 Å². The fourth-order valence-corrected chi connectivity index (χ4v) is 5.20. The van der Waals surface area contributed by atoms with Crippen molar-refractivity contribution in [2.45, 2.75) is 11.9 Å². The van der Waals surface area contributed by atoms with E-state index in [1.807, 2.05) is 6.20 Å². The second-order valence-corrected chi connectivity index (χ2v) is 8.41. The smallest absolute Gasteiger partial charge is 0.281 e. The predicted octanol–water partition coefficient (Wildman–Crippen LogP) is 0.195. The van der Waals surface area contributed by atoms with Gasteiger partial charge in [-0.05, 0) is 18.6 Å². The van der Waals surface area contributed by atoms with E-state index in [4.69, 9.17) is 4.74 Å². The summed E-state index contributed by atoms with van der Waals surface area (Å²) < 4.78 is 33.7. The highest BCUT2D eigenvalue weighted by molar-refractivity contribution is 7.89. The lowest BCUT2D eigenvalue weighted by Crippen LogP contribution is -2.38. The van der Waals surface area contributed by atoms with Crippen LogP contribution in [0.3, 0.4) is 0 Å². The van der Waals surface area contributed by atoms with Crippen molar-refractivity contribution in [2.75, 3.05) is 39.4 Å². The van der Waals surface area contributed by atoms with E-state index in [9.17, 15) is 8.42 Å². The summed E-state index contributed by atoms with van der Waals surface area (Å²) in [6.07, 6.45) is 1.84. The van der Waals surface area contributed by atoms with Crippen LogP contribution in [0.2, 0.25) is 0 Å². The number of sulfonamides is 1. The second-order valence-electron chi connectivity index (χ2n) is 6.58. The van der Waals surface area contributed by atoms with E-state index in [-0.39, 0.29) is 5.03 Å². The largest absolute Gasteiger partial charge is 0.379 e. The molecule has 0 N–H and O–H groups in total. The van der Waals surface area contributed by atoms with Crippen LogP contribution in [0.15, 0.2) is 22.9 Å². The minimum Gasteiger partial charge on any atom is -0.379 e. The van der Waals surface area contributed by atoms with Gasteiger partial charge in [0, 0.05) is 51.3 Å². The molecule has 126 valence electrons. The number of fused-ring (bicyclic) bond motifs is 1. The molecule has 0 bridgehead atoms. The van der Waals surface area contributed by atoms with Gasteiger partial charge >= 0.3 is 0 Å². The van der Waals surface area contributed by atoms with Crippen LogP contribution in [0.1, 0.15) is 5.69 Å². The number of ether oxygens (including phenoxy) is 1. The van der Waals surface area contributed by atoms with Crippen molar-refractivity contribution in [3.8, 4) is 0 Å². The lowest BCUT2D eigenvalue weighted by Gasteiger charge is -2.27. The molecular formula is C15H22N4O3S. The summed E-state index contributed by atoms with van der Waals surface area (Å²) in [7, 11) is -1.81. The van der Waals surface area contributed by atoms with E-state index < -0.39 is 10.0 Å². The highest BCUT2D eigenvalue weighted by atomic mass is 32.2. The number of rotatable bonds is 4. The highest BCUT2D eigenvalue weighted by Crippen LogP contribution is 2.51. The van der Waals surface area contributed by atoms with Crippen molar-refractivity contribution < 1.29 is 13.2 Å². The van der Waals surface area contributed by atoms with Gasteiger partial charge in [0.15, 0.2) is 5.03 Å². The van der Waals surface area contributed by atoms with Crippen LogP contribution >= 0.6 is 0 Å². The van der Waals surface area contributed by atoms with Gasteiger partial charge in [0.25, 0.3) is 10.0 Å². The van der Waals surface area contributed by atoms with Gasteiger partial charge in [-0.25, -0.2) is 0 Å². The molecule has 2 fully saturated rings. The summed E-state index contributed by atoms with van der Waals surface area (Å²) in [5.41, 5.74) is 1.99. The predicted molar refractivity (Wildman–Crippen MR) is 84.2 cm³/mol. The summed E-state index contributed by atoms with van der Waals surface area (Å²) in [6, 6.07) is 1.63. The summed E-state index contributed by atoms with van der Waals surface area (Å²) >= 11 is 0. The average molecular weight is 338 g/mol. The Morgan fingerprint density at radius 3 is 2.65 bits per heavy atom. The molecule has 0 amide bonds. The van der Waals surface area contributed by atoms with Crippen molar-refractivity contribution >= 4 is 10.0 Å². The van der Waals surface area contributed by atoms with Gasteiger partial charge in [-0.1, -0.05) is 0 Å². The summed E-state index contributed by atoms with van der Waals surface area (Å²) in [5.74, 6) is 0.912. The van der Waals surface area contributed by atoms with E-state index >= 15 is 0 Å². The normalized spacial score (nSPS) is 27.9. The second kappa shape index (κ2) is 5.32. The molecule has 3 heterocycles. The van der Waals surface area contributed by atoms with Gasteiger partial charge in [-0.3, -0.25) is 13.9 Å². The molecule has 0 spiro atoms. The fraction of sp³-hybridized carbons (Fsp3) is 0.667. The van der Waals surface area contributed by atoms with Crippen LogP contribution in [0.25, 0.3) is 0 Å². The number of hydrogen-bond acceptors (Lipinski definition) is 5. The number of aromatic nitrogens is 2. The standard InChI is InChI=1S/C15H22N4O3S/c1-11-7-15(17(2)16-11)23(20,21)19-9-13-12(14(13)10-19)8-18-3-5-22-6-4-18/h7,9,12,14H,3-6,8,10H2,1-2H3/t12-,14?/m0/s1. The Morgan fingerprint density at radius 2 is 2.09 bits per heavy atom. The highest BCUT2D eigenvalue weighted by Gasteiger charge is 2.51. The SMILES string of the molecule is Cc1cc(S(=O)(=O)N2C=C3C(C2)[C@H]3CN2CCOCC2)n(C)n1. The summed E-state index contributed by atoms with van der Waals surface area (Å²) in [4.78, 5) is 2.41. The van der Waals surface area contributed by atoms with Crippen LogP contribution in [-0.4, -0.2) is 66.8 Å². The molecule has 3 aliphatic rings. The Morgan fingerprint density at radius 1 is 1.35 bits per heavy atom. The molecule has 2 aliphatic heterocycles. The van der Waals surface area contributed by atoms with Gasteiger partial charge in [0.1, 0.15) is 0 Å². The van der Waals surface area contributed by atoms with Gasteiger partial charge < -0.3 is 4.74 Å². The Labute approximate surface area is 136 Å². The lowest BCUT2D eigenvalue weighted by atomic mass is 10.2. The summed E-state index contributed by atoms with van der Waals surface area (Å²) in [5, 5.41) is 4.40. The molecule has 8 heteroatoms. The van der Waals surface area contributed by atoms with Crippen molar-refractivity contribution in [1.29, 1.82) is 0 Å². The monoisotopic (exact) mass is 338 g/mol. The third-order valence-electron chi connectivity index (χ3n) is 4.99. The number of morpholine rings is 1. The molecule has 1 unspecified atom stereocenters. The van der Waals surface area contributed by atoms with Gasteiger partial charge in [0.05, 0.1) is 18.9 Å². The Balaban J connectivity index is 1.46. The van der Waals surface area contributed by atoms with E-state index in [0.29, 0.717) is 24.1 Å².